The summed E-state index contributed by atoms with van der Waals surface area (Å²) >= 11 is 0. The molecule has 1 amide bonds. The SMILES string of the molecule is COc1cc(/C=N\NC(=O)OC(C)(C)C)ccc1OCc1ccc([N+](=O)[O-])cc1. The van der Waals surface area contributed by atoms with Crippen molar-refractivity contribution in [2.24, 2.45) is 5.10 Å². The number of benzene rings is 2. The van der Waals surface area contributed by atoms with Crippen LogP contribution in [-0.4, -0.2) is 29.9 Å². The van der Waals surface area contributed by atoms with E-state index < -0.39 is 16.6 Å². The zero-order valence-corrected chi connectivity index (χ0v) is 16.7. The summed E-state index contributed by atoms with van der Waals surface area (Å²) in [5, 5.41) is 14.5. The largest absolute Gasteiger partial charge is 0.493 e. The van der Waals surface area contributed by atoms with Gasteiger partial charge in [0, 0.05) is 12.1 Å². The van der Waals surface area contributed by atoms with Gasteiger partial charge in [-0.2, -0.15) is 5.10 Å². The van der Waals surface area contributed by atoms with Gasteiger partial charge in [-0.3, -0.25) is 10.1 Å². The van der Waals surface area contributed by atoms with Gasteiger partial charge in [0.25, 0.3) is 5.69 Å². The average molecular weight is 401 g/mol. The number of nitrogens with one attached hydrogen (secondary N) is 1. The van der Waals surface area contributed by atoms with Gasteiger partial charge >= 0.3 is 6.09 Å². The fourth-order valence-electron chi connectivity index (χ4n) is 2.22. The third-order valence-electron chi connectivity index (χ3n) is 3.50. The van der Waals surface area contributed by atoms with Crippen LogP contribution in [0.15, 0.2) is 47.6 Å². The van der Waals surface area contributed by atoms with Gasteiger partial charge in [0.1, 0.15) is 12.2 Å². The van der Waals surface area contributed by atoms with Crippen molar-refractivity contribution >= 4 is 18.0 Å². The number of nitrogens with zero attached hydrogens (tertiary/aromatic N) is 2. The highest BCUT2D eigenvalue weighted by molar-refractivity contribution is 5.82. The highest BCUT2D eigenvalue weighted by Gasteiger charge is 2.15. The third-order valence-corrected chi connectivity index (χ3v) is 3.50. The van der Waals surface area contributed by atoms with E-state index in [1.165, 1.54) is 25.5 Å². The van der Waals surface area contributed by atoms with Crippen molar-refractivity contribution < 1.29 is 23.9 Å². The first-order valence-corrected chi connectivity index (χ1v) is 8.74. The Morgan fingerprint density at radius 3 is 2.45 bits per heavy atom. The van der Waals surface area contributed by atoms with Crippen LogP contribution in [-0.2, 0) is 11.3 Å². The van der Waals surface area contributed by atoms with Crippen LogP contribution in [0.1, 0.15) is 31.9 Å². The number of non-ortho nitro benzene ring substituents is 1. The molecule has 2 aromatic rings. The van der Waals surface area contributed by atoms with E-state index in [0.717, 1.165) is 5.56 Å². The molecule has 9 heteroatoms. The maximum Gasteiger partial charge on any atom is 0.428 e. The van der Waals surface area contributed by atoms with Gasteiger partial charge in [0.15, 0.2) is 11.5 Å². The number of amides is 1. The van der Waals surface area contributed by atoms with Crippen LogP contribution in [0.25, 0.3) is 0 Å². The predicted molar refractivity (Wildman–Crippen MR) is 107 cm³/mol. The normalized spacial score (nSPS) is 11.2. The molecule has 0 aliphatic carbocycles. The van der Waals surface area contributed by atoms with Gasteiger partial charge in [0.2, 0.25) is 0 Å². The first-order chi connectivity index (χ1) is 13.7. The standard InChI is InChI=1S/C20H23N3O6/c1-20(2,3)29-19(24)22-21-12-15-7-10-17(18(11-15)27-4)28-13-14-5-8-16(9-6-14)23(25)26/h5-12H,13H2,1-4H3,(H,22,24)/b21-12-. The Morgan fingerprint density at radius 1 is 1.17 bits per heavy atom. The summed E-state index contributed by atoms with van der Waals surface area (Å²) < 4.78 is 16.2. The third kappa shape index (κ3) is 7.13. The van der Waals surface area contributed by atoms with Crippen molar-refractivity contribution in [1.82, 2.24) is 5.43 Å². The second kappa shape index (κ2) is 9.54. The van der Waals surface area contributed by atoms with Crippen molar-refractivity contribution in [2.45, 2.75) is 33.0 Å². The first-order valence-electron chi connectivity index (χ1n) is 8.74. The Hall–Kier alpha value is -3.62. The second-order valence-corrected chi connectivity index (χ2v) is 6.99. The number of rotatable bonds is 7. The average Bonchev–Trinajstić information content (AvgIpc) is 2.65. The summed E-state index contributed by atoms with van der Waals surface area (Å²) in [6.45, 7) is 5.51. The Balaban J connectivity index is 1.98. The molecule has 0 unspecified atom stereocenters. The first kappa shape index (κ1) is 21.7. The number of hydrogen-bond donors (Lipinski definition) is 1. The number of carbonyl (C=O) groups is 1. The minimum atomic E-state index is -0.649. The summed E-state index contributed by atoms with van der Waals surface area (Å²) in [7, 11) is 1.51. The molecule has 0 saturated carbocycles. The molecule has 29 heavy (non-hydrogen) atoms. The lowest BCUT2D eigenvalue weighted by molar-refractivity contribution is -0.384. The molecule has 154 valence electrons. The number of carbonyl (C=O) groups excluding carboxylic acids is 1. The molecular formula is C20H23N3O6. The van der Waals surface area contributed by atoms with Crippen LogP contribution < -0.4 is 14.9 Å². The zero-order valence-electron chi connectivity index (χ0n) is 16.7. The molecule has 0 fully saturated rings. The maximum atomic E-state index is 11.6. The van der Waals surface area contributed by atoms with Gasteiger partial charge in [-0.1, -0.05) is 0 Å². The van der Waals surface area contributed by atoms with E-state index in [4.69, 9.17) is 14.2 Å². The van der Waals surface area contributed by atoms with Crippen molar-refractivity contribution in [3.8, 4) is 11.5 Å². The molecule has 0 bridgehead atoms. The monoisotopic (exact) mass is 401 g/mol. The molecule has 1 N–H and O–H groups in total. The van der Waals surface area contributed by atoms with Gasteiger partial charge in [-0.15, -0.1) is 0 Å². The molecule has 0 saturated heterocycles. The van der Waals surface area contributed by atoms with Crippen molar-refractivity contribution in [1.29, 1.82) is 0 Å². The van der Waals surface area contributed by atoms with Gasteiger partial charge in [0.05, 0.1) is 18.2 Å². The molecule has 0 aromatic heterocycles. The van der Waals surface area contributed by atoms with Crippen molar-refractivity contribution in [3.63, 3.8) is 0 Å². The Bertz CT molecular complexity index is 888. The van der Waals surface area contributed by atoms with E-state index in [9.17, 15) is 14.9 Å². The fraction of sp³-hybridized carbons (Fsp3) is 0.300. The topological polar surface area (TPSA) is 112 Å². The summed E-state index contributed by atoms with van der Waals surface area (Å²) in [6, 6.07) is 11.3. The molecule has 0 atom stereocenters. The van der Waals surface area contributed by atoms with E-state index in [0.29, 0.717) is 17.1 Å². The summed E-state index contributed by atoms with van der Waals surface area (Å²) in [4.78, 5) is 21.8. The van der Waals surface area contributed by atoms with E-state index >= 15 is 0 Å². The van der Waals surface area contributed by atoms with Crippen LogP contribution in [0.5, 0.6) is 11.5 Å². The van der Waals surface area contributed by atoms with E-state index in [2.05, 4.69) is 10.5 Å². The molecule has 2 rings (SSSR count). The number of hydrogen-bond acceptors (Lipinski definition) is 7. The number of methoxy groups -OCH3 is 1. The van der Waals surface area contributed by atoms with Gasteiger partial charge < -0.3 is 14.2 Å². The van der Waals surface area contributed by atoms with Crippen LogP contribution in [0.2, 0.25) is 0 Å². The summed E-state index contributed by atoms with van der Waals surface area (Å²) in [5.74, 6) is 0.983. The molecule has 2 aromatic carbocycles. The summed E-state index contributed by atoms with van der Waals surface area (Å²) in [6.07, 6.45) is 0.802. The Morgan fingerprint density at radius 2 is 1.86 bits per heavy atom. The number of nitro benzene ring substituents is 1. The lowest BCUT2D eigenvalue weighted by Crippen LogP contribution is -2.29. The molecule has 0 radical (unpaired) electrons. The summed E-state index contributed by atoms with van der Waals surface area (Å²) in [5.41, 5.74) is 3.17. The van der Waals surface area contributed by atoms with Crippen molar-refractivity contribution in [3.05, 3.63) is 63.7 Å². The van der Waals surface area contributed by atoms with Gasteiger partial charge in [-0.05, 0) is 62.2 Å². The van der Waals surface area contributed by atoms with Crippen LogP contribution in [0.3, 0.4) is 0 Å². The minimum Gasteiger partial charge on any atom is -0.493 e. The molecule has 0 spiro atoms. The van der Waals surface area contributed by atoms with Crippen molar-refractivity contribution in [2.75, 3.05) is 7.11 Å². The number of nitro groups is 1. The van der Waals surface area contributed by atoms with Gasteiger partial charge in [-0.25, -0.2) is 10.2 Å². The number of hydrazone groups is 1. The zero-order chi connectivity index (χ0) is 21.4. The Labute approximate surface area is 168 Å². The highest BCUT2D eigenvalue weighted by Crippen LogP contribution is 2.28. The quantitative estimate of drug-likeness (QED) is 0.426. The molecule has 0 aliphatic heterocycles. The number of ether oxygens (including phenoxy) is 3. The predicted octanol–water partition coefficient (Wildman–Crippen LogP) is 4.04. The Kier molecular flexibility index (Phi) is 7.13. The second-order valence-electron chi connectivity index (χ2n) is 6.99. The van der Waals surface area contributed by atoms with E-state index in [1.54, 1.807) is 51.1 Å². The molecular weight excluding hydrogens is 378 g/mol. The van der Waals surface area contributed by atoms with E-state index in [-0.39, 0.29) is 12.3 Å². The minimum absolute atomic E-state index is 0.0231. The smallest absolute Gasteiger partial charge is 0.428 e. The highest BCUT2D eigenvalue weighted by atomic mass is 16.6. The van der Waals surface area contributed by atoms with Crippen LogP contribution >= 0.6 is 0 Å². The molecule has 0 aliphatic rings. The van der Waals surface area contributed by atoms with Crippen LogP contribution in [0, 0.1) is 10.1 Å². The fourth-order valence-corrected chi connectivity index (χ4v) is 2.22. The lowest BCUT2D eigenvalue weighted by atomic mass is 10.2. The molecule has 9 nitrogen and oxygen atoms in total. The lowest BCUT2D eigenvalue weighted by Gasteiger charge is -2.18. The maximum absolute atomic E-state index is 11.6. The van der Waals surface area contributed by atoms with E-state index in [1.807, 2.05) is 0 Å². The van der Waals surface area contributed by atoms with Crippen LogP contribution in [0.4, 0.5) is 10.5 Å². The molecule has 0 heterocycles.